The standard InChI is InChI=1S/C23H23NOS/c1-18-10-8-9-15-21(18)23(19-11-4-2-5-12-19)24-22(25)16-17-26-20-13-6-3-7-14-20/h2-15,23H,16-17H2,1H3,(H,24,25). The normalized spacial score (nSPS) is 11.7. The minimum Gasteiger partial charge on any atom is -0.345 e. The van der Waals surface area contributed by atoms with Gasteiger partial charge < -0.3 is 5.32 Å². The van der Waals surface area contributed by atoms with Crippen LogP contribution in [0.15, 0.2) is 89.8 Å². The van der Waals surface area contributed by atoms with Gasteiger partial charge in [-0.05, 0) is 35.7 Å². The van der Waals surface area contributed by atoms with Crippen LogP contribution in [-0.2, 0) is 4.79 Å². The average Bonchev–Trinajstić information content (AvgIpc) is 2.68. The molecule has 0 aliphatic carbocycles. The number of rotatable bonds is 7. The minimum atomic E-state index is -0.119. The zero-order valence-electron chi connectivity index (χ0n) is 14.9. The zero-order valence-corrected chi connectivity index (χ0v) is 15.7. The van der Waals surface area contributed by atoms with E-state index in [1.807, 2.05) is 48.5 Å². The fraction of sp³-hybridized carbons (Fsp3) is 0.174. The second kappa shape index (κ2) is 9.25. The Hall–Kier alpha value is -2.52. The van der Waals surface area contributed by atoms with Crippen molar-refractivity contribution in [3.63, 3.8) is 0 Å². The van der Waals surface area contributed by atoms with Crippen LogP contribution in [0.4, 0.5) is 0 Å². The lowest BCUT2D eigenvalue weighted by atomic mass is 9.95. The lowest BCUT2D eigenvalue weighted by molar-refractivity contribution is -0.121. The van der Waals surface area contributed by atoms with Gasteiger partial charge in [0.25, 0.3) is 0 Å². The topological polar surface area (TPSA) is 29.1 Å². The highest BCUT2D eigenvalue weighted by atomic mass is 32.2. The van der Waals surface area contributed by atoms with Gasteiger partial charge in [-0.25, -0.2) is 0 Å². The monoisotopic (exact) mass is 361 g/mol. The molecule has 0 heterocycles. The first-order chi connectivity index (χ1) is 12.7. The molecule has 0 saturated heterocycles. The summed E-state index contributed by atoms with van der Waals surface area (Å²) in [5.74, 6) is 0.844. The fourth-order valence-electron chi connectivity index (χ4n) is 2.91. The number of thioether (sulfide) groups is 1. The van der Waals surface area contributed by atoms with Crippen LogP contribution in [0.3, 0.4) is 0 Å². The molecule has 26 heavy (non-hydrogen) atoms. The van der Waals surface area contributed by atoms with Crippen LogP contribution in [-0.4, -0.2) is 11.7 Å². The number of hydrogen-bond donors (Lipinski definition) is 1. The van der Waals surface area contributed by atoms with E-state index in [1.54, 1.807) is 11.8 Å². The molecule has 132 valence electrons. The van der Waals surface area contributed by atoms with Crippen molar-refractivity contribution in [2.24, 2.45) is 0 Å². The number of amides is 1. The number of nitrogens with one attached hydrogen (secondary N) is 1. The van der Waals surface area contributed by atoms with Crippen LogP contribution in [0.5, 0.6) is 0 Å². The van der Waals surface area contributed by atoms with Crippen molar-refractivity contribution in [1.29, 1.82) is 0 Å². The summed E-state index contributed by atoms with van der Waals surface area (Å²) >= 11 is 1.71. The predicted molar refractivity (Wildman–Crippen MR) is 109 cm³/mol. The van der Waals surface area contributed by atoms with Crippen LogP contribution in [0.2, 0.25) is 0 Å². The summed E-state index contributed by atoms with van der Waals surface area (Å²) in [4.78, 5) is 13.8. The van der Waals surface area contributed by atoms with Crippen LogP contribution >= 0.6 is 11.8 Å². The molecule has 3 aromatic rings. The minimum absolute atomic E-state index is 0.0746. The van der Waals surface area contributed by atoms with Gasteiger partial charge in [0, 0.05) is 17.1 Å². The number of aryl methyl sites for hydroxylation is 1. The molecule has 2 nitrogen and oxygen atoms in total. The van der Waals surface area contributed by atoms with E-state index in [4.69, 9.17) is 0 Å². The Bertz CT molecular complexity index is 833. The molecule has 0 bridgehead atoms. The maximum Gasteiger partial charge on any atom is 0.221 e. The molecule has 1 amide bonds. The lowest BCUT2D eigenvalue weighted by Gasteiger charge is -2.21. The van der Waals surface area contributed by atoms with Gasteiger partial charge >= 0.3 is 0 Å². The maximum absolute atomic E-state index is 12.6. The van der Waals surface area contributed by atoms with Gasteiger partial charge in [-0.1, -0.05) is 72.8 Å². The van der Waals surface area contributed by atoms with E-state index >= 15 is 0 Å². The Morgan fingerprint density at radius 2 is 1.50 bits per heavy atom. The Balaban J connectivity index is 1.68. The highest BCUT2D eigenvalue weighted by molar-refractivity contribution is 7.99. The van der Waals surface area contributed by atoms with Gasteiger partial charge in [0.05, 0.1) is 6.04 Å². The molecular weight excluding hydrogens is 338 g/mol. The fourth-order valence-corrected chi connectivity index (χ4v) is 3.78. The second-order valence-electron chi connectivity index (χ2n) is 6.18. The Kier molecular flexibility index (Phi) is 6.50. The van der Waals surface area contributed by atoms with Gasteiger partial charge in [-0.3, -0.25) is 4.79 Å². The van der Waals surface area contributed by atoms with Crippen molar-refractivity contribution in [2.75, 3.05) is 5.75 Å². The Labute approximate surface area is 159 Å². The summed E-state index contributed by atoms with van der Waals surface area (Å²) in [6.45, 7) is 2.09. The third-order valence-electron chi connectivity index (χ3n) is 4.28. The molecule has 3 rings (SSSR count). The third-order valence-corrected chi connectivity index (χ3v) is 5.29. The van der Waals surface area contributed by atoms with E-state index in [0.29, 0.717) is 6.42 Å². The van der Waals surface area contributed by atoms with Gasteiger partial charge in [-0.2, -0.15) is 0 Å². The summed E-state index contributed by atoms with van der Waals surface area (Å²) in [6, 6.07) is 28.4. The van der Waals surface area contributed by atoms with Crippen molar-refractivity contribution < 1.29 is 4.79 Å². The molecule has 0 aliphatic heterocycles. The van der Waals surface area contributed by atoms with Crippen molar-refractivity contribution in [3.05, 3.63) is 102 Å². The average molecular weight is 362 g/mol. The van der Waals surface area contributed by atoms with Crippen LogP contribution in [0, 0.1) is 6.92 Å². The van der Waals surface area contributed by atoms with Crippen molar-refractivity contribution in [3.8, 4) is 0 Å². The smallest absolute Gasteiger partial charge is 0.221 e. The molecule has 0 saturated carbocycles. The third kappa shape index (κ3) is 4.99. The molecule has 0 spiro atoms. The first-order valence-corrected chi connectivity index (χ1v) is 9.80. The van der Waals surface area contributed by atoms with Crippen LogP contribution < -0.4 is 5.32 Å². The molecular formula is C23H23NOS. The largest absolute Gasteiger partial charge is 0.345 e. The molecule has 1 unspecified atom stereocenters. The van der Waals surface area contributed by atoms with E-state index in [1.165, 1.54) is 10.5 Å². The molecule has 1 N–H and O–H groups in total. The SMILES string of the molecule is Cc1ccccc1C(NC(=O)CCSc1ccccc1)c1ccccc1. The number of carbonyl (C=O) groups is 1. The molecule has 1 atom stereocenters. The number of benzene rings is 3. The number of carbonyl (C=O) groups excluding carboxylic acids is 1. The first kappa shape index (κ1) is 18.3. The zero-order chi connectivity index (χ0) is 18.2. The summed E-state index contributed by atoms with van der Waals surface area (Å²) < 4.78 is 0. The van der Waals surface area contributed by atoms with Gasteiger partial charge in [0.1, 0.15) is 0 Å². The molecule has 3 aromatic carbocycles. The van der Waals surface area contributed by atoms with Crippen LogP contribution in [0.1, 0.15) is 29.2 Å². The van der Waals surface area contributed by atoms with E-state index in [-0.39, 0.29) is 11.9 Å². The summed E-state index contributed by atoms with van der Waals surface area (Å²) in [5, 5.41) is 3.22. The molecule has 0 radical (unpaired) electrons. The molecule has 0 fully saturated rings. The highest BCUT2D eigenvalue weighted by Gasteiger charge is 2.18. The molecule has 0 aromatic heterocycles. The lowest BCUT2D eigenvalue weighted by Crippen LogP contribution is -2.30. The Morgan fingerprint density at radius 1 is 0.885 bits per heavy atom. The van der Waals surface area contributed by atoms with E-state index < -0.39 is 0 Å². The predicted octanol–water partition coefficient (Wildman–Crippen LogP) is 5.38. The molecule has 0 aliphatic rings. The van der Waals surface area contributed by atoms with Crippen molar-refractivity contribution in [2.45, 2.75) is 24.3 Å². The van der Waals surface area contributed by atoms with Crippen LogP contribution in [0.25, 0.3) is 0 Å². The van der Waals surface area contributed by atoms with Crippen molar-refractivity contribution >= 4 is 17.7 Å². The summed E-state index contributed by atoms with van der Waals surface area (Å²) in [7, 11) is 0. The van der Waals surface area contributed by atoms with E-state index in [0.717, 1.165) is 16.9 Å². The highest BCUT2D eigenvalue weighted by Crippen LogP contribution is 2.25. The van der Waals surface area contributed by atoms with Gasteiger partial charge in [-0.15, -0.1) is 11.8 Å². The van der Waals surface area contributed by atoms with Crippen molar-refractivity contribution in [1.82, 2.24) is 5.32 Å². The van der Waals surface area contributed by atoms with Gasteiger partial charge in [0.2, 0.25) is 5.91 Å². The molecule has 3 heteroatoms. The maximum atomic E-state index is 12.6. The second-order valence-corrected chi connectivity index (χ2v) is 7.35. The van der Waals surface area contributed by atoms with E-state index in [9.17, 15) is 4.79 Å². The number of hydrogen-bond acceptors (Lipinski definition) is 2. The summed E-state index contributed by atoms with van der Waals surface area (Å²) in [6.07, 6.45) is 0.495. The quantitative estimate of drug-likeness (QED) is 0.572. The first-order valence-electron chi connectivity index (χ1n) is 8.82. The van der Waals surface area contributed by atoms with Gasteiger partial charge in [0.15, 0.2) is 0 Å². The summed E-state index contributed by atoms with van der Waals surface area (Å²) in [5.41, 5.74) is 3.42. The Morgan fingerprint density at radius 3 is 2.19 bits per heavy atom. The van der Waals surface area contributed by atoms with E-state index in [2.05, 4.69) is 48.6 Å².